The van der Waals surface area contributed by atoms with E-state index in [9.17, 15) is 43.2 Å². The third-order valence-electron chi connectivity index (χ3n) is 2.52. The number of halogens is 6. The minimum atomic E-state index is -6.72. The van der Waals surface area contributed by atoms with Gasteiger partial charge in [-0.3, -0.25) is 4.90 Å². The molecule has 0 unspecified atom stereocenters. The number of likely N-dealkylation sites (tertiary alicyclic amines) is 1. The summed E-state index contributed by atoms with van der Waals surface area (Å²) in [6.45, 7) is 2.89. The van der Waals surface area contributed by atoms with Crippen LogP contribution in [0.4, 0.5) is 26.3 Å². The van der Waals surface area contributed by atoms with Crippen LogP contribution in [0.3, 0.4) is 0 Å². The maximum Gasteiger partial charge on any atom is 0.480 e. The molecule has 1 saturated heterocycles. The van der Waals surface area contributed by atoms with Gasteiger partial charge in [-0.1, -0.05) is 6.42 Å². The van der Waals surface area contributed by atoms with Crippen LogP contribution in [-0.4, -0.2) is 52.4 Å². The summed E-state index contributed by atoms with van der Waals surface area (Å²) in [4.78, 5) is 2.21. The van der Waals surface area contributed by atoms with Gasteiger partial charge in [-0.25, -0.2) is 16.8 Å². The van der Waals surface area contributed by atoms with Crippen LogP contribution in [0.5, 0.6) is 0 Å². The first-order chi connectivity index (χ1) is 10.6. The molecule has 0 N–H and O–H groups in total. The van der Waals surface area contributed by atoms with Crippen molar-refractivity contribution in [2.45, 2.75) is 30.3 Å². The molecule has 0 aromatic heterocycles. The Kier molecular flexibility index (Phi) is 7.93. The standard InChI is InChI=1S/C7H12N2.C2F6NO4S2/c8-4-7-9-5-2-1-3-6-9;3-1(4,5)14(10,11)9-15(12,13)2(6,7)8/h1-3,5-7H2;/q;-1. The van der Waals surface area contributed by atoms with Gasteiger partial charge in [0.05, 0.1) is 12.6 Å². The Hall–Kier alpha value is -1.11. The minimum absolute atomic E-state index is 0.625. The first kappa shape index (κ1) is 22.9. The topological polar surface area (TPSA) is 109 Å². The Bertz CT molecular complexity index is 602. The molecule has 0 radical (unpaired) electrons. The molecule has 7 nitrogen and oxygen atoms in total. The molecule has 1 rings (SSSR count). The van der Waals surface area contributed by atoms with Gasteiger partial charge in [-0.2, -0.15) is 31.6 Å². The van der Waals surface area contributed by atoms with Gasteiger partial charge < -0.3 is 4.13 Å². The summed E-state index contributed by atoms with van der Waals surface area (Å²) in [5.41, 5.74) is -12.4. The fourth-order valence-corrected chi connectivity index (χ4v) is 3.14. The van der Waals surface area contributed by atoms with Crippen molar-refractivity contribution in [3.63, 3.8) is 0 Å². The lowest BCUT2D eigenvalue weighted by Crippen LogP contribution is -2.30. The van der Waals surface area contributed by atoms with Crippen molar-refractivity contribution >= 4 is 20.0 Å². The number of hydrogen-bond donors (Lipinski definition) is 0. The molecule has 15 heteroatoms. The Morgan fingerprint density at radius 1 is 0.875 bits per heavy atom. The van der Waals surface area contributed by atoms with Crippen LogP contribution in [-0.2, 0) is 20.0 Å². The molecule has 0 aromatic carbocycles. The van der Waals surface area contributed by atoms with Crippen molar-refractivity contribution in [1.82, 2.24) is 4.90 Å². The molecule has 0 spiro atoms. The average Bonchev–Trinajstić information content (AvgIpc) is 2.37. The molecule has 0 atom stereocenters. The zero-order chi connectivity index (χ0) is 19.2. The van der Waals surface area contributed by atoms with Gasteiger partial charge in [0, 0.05) is 0 Å². The van der Waals surface area contributed by atoms with E-state index in [1.807, 2.05) is 0 Å². The highest BCUT2D eigenvalue weighted by atomic mass is 32.3. The summed E-state index contributed by atoms with van der Waals surface area (Å²) in [6, 6.07) is 2.16. The monoisotopic (exact) mass is 404 g/mol. The summed E-state index contributed by atoms with van der Waals surface area (Å²) < 4.78 is 109. The van der Waals surface area contributed by atoms with Gasteiger partial charge in [-0.05, 0) is 25.9 Å². The fourth-order valence-electron chi connectivity index (χ4n) is 1.43. The number of nitriles is 1. The van der Waals surface area contributed by atoms with Gasteiger partial charge in [0.25, 0.3) is 0 Å². The van der Waals surface area contributed by atoms with E-state index in [0.29, 0.717) is 6.54 Å². The van der Waals surface area contributed by atoms with Crippen molar-refractivity contribution in [2.75, 3.05) is 19.6 Å². The first-order valence-corrected chi connectivity index (χ1v) is 8.98. The van der Waals surface area contributed by atoms with Crippen LogP contribution < -0.4 is 0 Å². The number of nitrogens with zero attached hydrogens (tertiary/aromatic N) is 3. The second-order valence-electron chi connectivity index (χ2n) is 4.41. The van der Waals surface area contributed by atoms with Crippen LogP contribution in [0, 0.1) is 11.3 Å². The summed E-state index contributed by atoms with van der Waals surface area (Å²) in [7, 11) is -13.4. The molecular weight excluding hydrogens is 392 g/mol. The molecule has 1 aliphatic rings. The smallest absolute Gasteiger partial charge is 0.421 e. The summed E-state index contributed by atoms with van der Waals surface area (Å²) >= 11 is 0. The van der Waals surface area contributed by atoms with E-state index in [-0.39, 0.29) is 0 Å². The normalized spacial score (nSPS) is 17.5. The molecule has 0 saturated carbocycles. The highest BCUT2D eigenvalue weighted by molar-refractivity contribution is 8.13. The Morgan fingerprint density at radius 3 is 1.54 bits per heavy atom. The predicted octanol–water partition coefficient (Wildman–Crippen LogP) is 2.06. The van der Waals surface area contributed by atoms with Crippen LogP contribution in [0.2, 0.25) is 0 Å². The molecule has 0 aromatic rings. The lowest BCUT2D eigenvalue weighted by Gasteiger charge is -2.22. The van der Waals surface area contributed by atoms with E-state index in [4.69, 9.17) is 5.26 Å². The molecule has 142 valence electrons. The lowest BCUT2D eigenvalue weighted by atomic mass is 10.1. The highest BCUT2D eigenvalue weighted by Crippen LogP contribution is 2.36. The number of hydrogen-bond acceptors (Lipinski definition) is 6. The SMILES string of the molecule is N#CCN1CCCCC1.O=S(=O)([N-]S(=O)(=O)C(F)(F)F)C(F)(F)F. The average molecular weight is 404 g/mol. The maximum absolute atomic E-state index is 11.4. The maximum atomic E-state index is 11.4. The van der Waals surface area contributed by atoms with Crippen molar-refractivity contribution in [1.29, 1.82) is 5.26 Å². The van der Waals surface area contributed by atoms with Gasteiger partial charge in [0.15, 0.2) is 20.0 Å². The van der Waals surface area contributed by atoms with E-state index >= 15 is 0 Å². The van der Waals surface area contributed by atoms with Crippen molar-refractivity contribution in [3.8, 4) is 6.07 Å². The minimum Gasteiger partial charge on any atom is -0.421 e. The summed E-state index contributed by atoms with van der Waals surface area (Å²) in [5.74, 6) is 0. The number of sulfonamides is 2. The van der Waals surface area contributed by atoms with Gasteiger partial charge in [0.2, 0.25) is 0 Å². The second kappa shape index (κ2) is 8.32. The fraction of sp³-hybridized carbons (Fsp3) is 0.889. The number of alkyl halides is 6. The Balaban J connectivity index is 0.000000496. The van der Waals surface area contributed by atoms with Crippen molar-refractivity contribution in [2.24, 2.45) is 0 Å². The third-order valence-corrected chi connectivity index (χ3v) is 5.26. The Morgan fingerprint density at radius 2 is 1.25 bits per heavy atom. The van der Waals surface area contributed by atoms with Gasteiger partial charge >= 0.3 is 11.0 Å². The third kappa shape index (κ3) is 7.20. The van der Waals surface area contributed by atoms with Crippen LogP contribution >= 0.6 is 0 Å². The van der Waals surface area contributed by atoms with E-state index in [2.05, 4.69) is 11.0 Å². The van der Waals surface area contributed by atoms with Crippen LogP contribution in [0.25, 0.3) is 4.13 Å². The largest absolute Gasteiger partial charge is 0.480 e. The molecule has 0 amide bonds. The first-order valence-electron chi connectivity index (χ1n) is 6.10. The van der Waals surface area contributed by atoms with E-state index in [0.717, 1.165) is 17.2 Å². The van der Waals surface area contributed by atoms with Crippen LogP contribution in [0.15, 0.2) is 0 Å². The quantitative estimate of drug-likeness (QED) is 0.526. The molecule has 1 fully saturated rings. The zero-order valence-corrected chi connectivity index (χ0v) is 13.4. The second-order valence-corrected chi connectivity index (χ2v) is 7.83. The molecule has 24 heavy (non-hydrogen) atoms. The van der Waals surface area contributed by atoms with Crippen molar-refractivity contribution < 1.29 is 43.2 Å². The molecule has 1 heterocycles. The van der Waals surface area contributed by atoms with E-state index in [1.54, 1.807) is 0 Å². The van der Waals surface area contributed by atoms with Crippen molar-refractivity contribution in [3.05, 3.63) is 4.13 Å². The molecule has 0 aliphatic carbocycles. The van der Waals surface area contributed by atoms with Gasteiger partial charge in [-0.15, -0.1) is 0 Å². The van der Waals surface area contributed by atoms with Gasteiger partial charge in [0.1, 0.15) is 0 Å². The molecule has 1 aliphatic heterocycles. The highest BCUT2D eigenvalue weighted by Gasteiger charge is 2.46. The summed E-state index contributed by atoms with van der Waals surface area (Å²) in [6.07, 6.45) is 3.91. The summed E-state index contributed by atoms with van der Waals surface area (Å²) in [5, 5.41) is 8.33. The van der Waals surface area contributed by atoms with Crippen LogP contribution in [0.1, 0.15) is 19.3 Å². The zero-order valence-electron chi connectivity index (χ0n) is 11.8. The predicted molar refractivity (Wildman–Crippen MR) is 69.2 cm³/mol. The lowest BCUT2D eigenvalue weighted by molar-refractivity contribution is -0.0444. The van der Waals surface area contributed by atoms with E-state index in [1.165, 1.54) is 19.3 Å². The molecular formula is C9H12F6N3O4S2-. The Labute approximate surface area is 134 Å². The number of piperidine rings is 1. The number of rotatable bonds is 3. The molecule has 0 bridgehead atoms. The van der Waals surface area contributed by atoms with E-state index < -0.39 is 31.1 Å².